The minimum Gasteiger partial charge on any atom is -0.489 e. The van der Waals surface area contributed by atoms with Gasteiger partial charge in [-0.1, -0.05) is 43.3 Å². The lowest BCUT2D eigenvalue weighted by Crippen LogP contribution is -2.14. The van der Waals surface area contributed by atoms with Crippen molar-refractivity contribution in [3.8, 4) is 5.75 Å². The molecular weight excluding hydrogens is 260 g/mol. The topological polar surface area (TPSA) is 34.2 Å². The standard InChI is InChI=1S/C18H22N2O/c1-2-11-19-14-17-15-20-12-10-18(17)21-13-6-9-16-7-4-3-5-8-16/h3-10,12,15,19H,2,11,13-14H2,1H3/b9-6+. The van der Waals surface area contributed by atoms with Crippen LogP contribution in [-0.4, -0.2) is 18.1 Å². The highest BCUT2D eigenvalue weighted by Crippen LogP contribution is 2.16. The molecule has 0 amide bonds. The summed E-state index contributed by atoms with van der Waals surface area (Å²) in [5, 5.41) is 3.37. The van der Waals surface area contributed by atoms with Crippen molar-refractivity contribution in [1.29, 1.82) is 0 Å². The van der Waals surface area contributed by atoms with Crippen LogP contribution in [0.4, 0.5) is 0 Å². The molecule has 3 heteroatoms. The van der Waals surface area contributed by atoms with Crippen molar-refractivity contribution in [3.05, 3.63) is 66.0 Å². The molecule has 0 aliphatic rings. The highest BCUT2D eigenvalue weighted by Gasteiger charge is 2.02. The van der Waals surface area contributed by atoms with Gasteiger partial charge in [0.15, 0.2) is 0 Å². The second kappa shape index (κ2) is 8.93. The molecule has 1 aromatic carbocycles. The summed E-state index contributed by atoms with van der Waals surface area (Å²) in [4.78, 5) is 4.16. The van der Waals surface area contributed by atoms with Gasteiger partial charge in [-0.2, -0.15) is 0 Å². The van der Waals surface area contributed by atoms with Crippen LogP contribution in [0.25, 0.3) is 6.08 Å². The number of aromatic nitrogens is 1. The zero-order chi connectivity index (χ0) is 14.8. The molecule has 0 saturated carbocycles. The van der Waals surface area contributed by atoms with Crippen molar-refractivity contribution in [3.63, 3.8) is 0 Å². The maximum absolute atomic E-state index is 5.82. The zero-order valence-corrected chi connectivity index (χ0v) is 12.5. The van der Waals surface area contributed by atoms with Crippen molar-refractivity contribution in [2.45, 2.75) is 19.9 Å². The Hall–Kier alpha value is -2.13. The van der Waals surface area contributed by atoms with E-state index in [-0.39, 0.29) is 0 Å². The Morgan fingerprint density at radius 3 is 2.86 bits per heavy atom. The summed E-state index contributed by atoms with van der Waals surface area (Å²) in [5.41, 5.74) is 2.28. The lowest BCUT2D eigenvalue weighted by atomic mass is 10.2. The summed E-state index contributed by atoms with van der Waals surface area (Å²) in [6, 6.07) is 12.1. The van der Waals surface area contributed by atoms with Crippen molar-refractivity contribution in [1.82, 2.24) is 10.3 Å². The molecule has 3 nitrogen and oxygen atoms in total. The van der Waals surface area contributed by atoms with Crippen LogP contribution in [0, 0.1) is 0 Å². The van der Waals surface area contributed by atoms with Gasteiger partial charge in [0.2, 0.25) is 0 Å². The summed E-state index contributed by atoms with van der Waals surface area (Å²) >= 11 is 0. The number of nitrogens with zero attached hydrogens (tertiary/aromatic N) is 1. The van der Waals surface area contributed by atoms with Gasteiger partial charge in [0.1, 0.15) is 12.4 Å². The Balaban J connectivity index is 1.86. The summed E-state index contributed by atoms with van der Waals surface area (Å²) in [7, 11) is 0. The Bertz CT molecular complexity index is 552. The smallest absolute Gasteiger partial charge is 0.127 e. The maximum atomic E-state index is 5.82. The minimum atomic E-state index is 0.555. The molecule has 0 aliphatic heterocycles. The number of hydrogen-bond acceptors (Lipinski definition) is 3. The number of hydrogen-bond donors (Lipinski definition) is 1. The lowest BCUT2D eigenvalue weighted by molar-refractivity contribution is 0.357. The molecule has 0 spiro atoms. The van der Waals surface area contributed by atoms with E-state index >= 15 is 0 Å². The third-order valence-corrected chi connectivity index (χ3v) is 3.05. The average Bonchev–Trinajstić information content (AvgIpc) is 2.54. The second-order valence-electron chi connectivity index (χ2n) is 4.78. The van der Waals surface area contributed by atoms with Gasteiger partial charge in [0, 0.05) is 24.5 Å². The molecule has 0 atom stereocenters. The average molecular weight is 282 g/mol. The normalized spacial score (nSPS) is 10.9. The highest BCUT2D eigenvalue weighted by molar-refractivity contribution is 5.48. The quantitative estimate of drug-likeness (QED) is 0.750. The van der Waals surface area contributed by atoms with Gasteiger partial charge in [-0.15, -0.1) is 0 Å². The number of pyridine rings is 1. The Labute approximate surface area is 126 Å². The monoisotopic (exact) mass is 282 g/mol. The van der Waals surface area contributed by atoms with Crippen LogP contribution >= 0.6 is 0 Å². The summed E-state index contributed by atoms with van der Waals surface area (Å²) in [6.45, 7) is 4.50. The lowest BCUT2D eigenvalue weighted by Gasteiger charge is -2.10. The first-order valence-electron chi connectivity index (χ1n) is 7.38. The molecule has 2 aromatic rings. The van der Waals surface area contributed by atoms with E-state index in [1.807, 2.05) is 36.5 Å². The van der Waals surface area contributed by atoms with Crippen LogP contribution in [0.2, 0.25) is 0 Å². The number of nitrogens with one attached hydrogen (secondary N) is 1. The summed E-state index contributed by atoms with van der Waals surface area (Å²) in [5.74, 6) is 0.895. The van der Waals surface area contributed by atoms with Gasteiger partial charge in [-0.05, 0) is 30.7 Å². The van der Waals surface area contributed by atoms with Crippen LogP contribution in [0.3, 0.4) is 0 Å². The fourth-order valence-corrected chi connectivity index (χ4v) is 1.97. The molecule has 0 fully saturated rings. The molecule has 110 valence electrons. The van der Waals surface area contributed by atoms with Crippen molar-refractivity contribution < 1.29 is 4.74 Å². The SMILES string of the molecule is CCCNCc1cnccc1OC/C=C/c1ccccc1. The molecule has 0 bridgehead atoms. The van der Waals surface area contributed by atoms with Gasteiger partial charge >= 0.3 is 0 Å². The molecule has 1 N–H and O–H groups in total. The Morgan fingerprint density at radius 2 is 2.05 bits per heavy atom. The largest absolute Gasteiger partial charge is 0.489 e. The zero-order valence-electron chi connectivity index (χ0n) is 12.5. The molecule has 21 heavy (non-hydrogen) atoms. The molecule has 0 aliphatic carbocycles. The number of rotatable bonds is 8. The fraction of sp³-hybridized carbons (Fsp3) is 0.278. The number of benzene rings is 1. The van der Waals surface area contributed by atoms with Crippen LogP contribution < -0.4 is 10.1 Å². The summed E-state index contributed by atoms with van der Waals surface area (Å²) in [6.07, 6.45) is 8.84. The second-order valence-corrected chi connectivity index (χ2v) is 4.78. The van der Waals surface area contributed by atoms with Crippen LogP contribution in [-0.2, 0) is 6.54 Å². The fourth-order valence-electron chi connectivity index (χ4n) is 1.97. The van der Waals surface area contributed by atoms with E-state index in [4.69, 9.17) is 4.74 Å². The van der Waals surface area contributed by atoms with Gasteiger partial charge in [-0.3, -0.25) is 4.98 Å². The van der Waals surface area contributed by atoms with E-state index in [9.17, 15) is 0 Å². The summed E-state index contributed by atoms with van der Waals surface area (Å²) < 4.78 is 5.82. The Kier molecular flexibility index (Phi) is 6.49. The molecular formula is C18H22N2O. The first kappa shape index (κ1) is 15.3. The van der Waals surface area contributed by atoms with Crippen LogP contribution in [0.1, 0.15) is 24.5 Å². The van der Waals surface area contributed by atoms with Gasteiger partial charge in [0.05, 0.1) is 0 Å². The molecule has 0 saturated heterocycles. The predicted octanol–water partition coefficient (Wildman–Crippen LogP) is 3.67. The Morgan fingerprint density at radius 1 is 1.19 bits per heavy atom. The highest BCUT2D eigenvalue weighted by atomic mass is 16.5. The molecule has 2 rings (SSSR count). The van der Waals surface area contributed by atoms with Gasteiger partial charge < -0.3 is 10.1 Å². The van der Waals surface area contributed by atoms with E-state index in [0.717, 1.165) is 30.8 Å². The van der Waals surface area contributed by atoms with Gasteiger partial charge in [-0.25, -0.2) is 0 Å². The molecule has 0 radical (unpaired) electrons. The van der Waals surface area contributed by atoms with Crippen molar-refractivity contribution in [2.24, 2.45) is 0 Å². The van der Waals surface area contributed by atoms with E-state index in [1.54, 1.807) is 6.20 Å². The van der Waals surface area contributed by atoms with Crippen LogP contribution in [0.5, 0.6) is 5.75 Å². The molecule has 1 heterocycles. The minimum absolute atomic E-state index is 0.555. The third-order valence-electron chi connectivity index (χ3n) is 3.05. The number of ether oxygens (including phenoxy) is 1. The van der Waals surface area contributed by atoms with Crippen LogP contribution in [0.15, 0.2) is 54.9 Å². The molecule has 0 unspecified atom stereocenters. The van der Waals surface area contributed by atoms with E-state index in [1.165, 1.54) is 5.56 Å². The third kappa shape index (κ3) is 5.40. The maximum Gasteiger partial charge on any atom is 0.127 e. The van der Waals surface area contributed by atoms with Gasteiger partial charge in [0.25, 0.3) is 0 Å². The first-order valence-corrected chi connectivity index (χ1v) is 7.38. The van der Waals surface area contributed by atoms with E-state index in [0.29, 0.717) is 6.61 Å². The predicted molar refractivity (Wildman–Crippen MR) is 87.2 cm³/mol. The van der Waals surface area contributed by atoms with Crippen molar-refractivity contribution >= 4 is 6.08 Å². The van der Waals surface area contributed by atoms with E-state index < -0.39 is 0 Å². The first-order chi connectivity index (χ1) is 10.4. The molecule has 1 aromatic heterocycles. The van der Waals surface area contributed by atoms with Crippen molar-refractivity contribution in [2.75, 3.05) is 13.2 Å². The van der Waals surface area contributed by atoms with E-state index in [2.05, 4.69) is 35.4 Å².